The van der Waals surface area contributed by atoms with Gasteiger partial charge in [-0.05, 0) is 26.7 Å². The van der Waals surface area contributed by atoms with Crippen LogP contribution in [-0.2, 0) is 4.79 Å². The summed E-state index contributed by atoms with van der Waals surface area (Å²) in [6.45, 7) is 3.67. The van der Waals surface area contributed by atoms with E-state index in [9.17, 15) is 9.90 Å². The monoisotopic (exact) mass is 186 g/mol. The molecule has 0 heterocycles. The van der Waals surface area contributed by atoms with E-state index >= 15 is 0 Å². The molecule has 0 saturated heterocycles. The Kier molecular flexibility index (Phi) is 2.38. The molecule has 1 rings (SSSR count). The van der Waals surface area contributed by atoms with Gasteiger partial charge >= 0.3 is 0 Å². The zero-order valence-corrected chi connectivity index (χ0v) is 8.50. The van der Waals surface area contributed by atoms with Crippen molar-refractivity contribution in [3.8, 4) is 0 Å². The van der Waals surface area contributed by atoms with Gasteiger partial charge in [0.05, 0.1) is 11.1 Å². The molecule has 76 valence electrons. The van der Waals surface area contributed by atoms with Gasteiger partial charge in [0, 0.05) is 13.6 Å². The summed E-state index contributed by atoms with van der Waals surface area (Å²) in [6.07, 6.45) is 1.53. The molecule has 0 aromatic rings. The maximum Gasteiger partial charge on any atom is 0.242 e. The Morgan fingerprint density at radius 3 is 2.38 bits per heavy atom. The molecule has 1 fully saturated rings. The summed E-state index contributed by atoms with van der Waals surface area (Å²) in [7, 11) is 1.67. The van der Waals surface area contributed by atoms with Crippen LogP contribution >= 0.6 is 0 Å². The van der Waals surface area contributed by atoms with E-state index < -0.39 is 11.1 Å². The van der Waals surface area contributed by atoms with Crippen LogP contribution in [0.25, 0.3) is 0 Å². The van der Waals surface area contributed by atoms with Crippen molar-refractivity contribution in [2.24, 2.45) is 5.73 Å². The van der Waals surface area contributed by atoms with Crippen molar-refractivity contribution >= 4 is 5.91 Å². The molecule has 0 spiro atoms. The highest BCUT2D eigenvalue weighted by Crippen LogP contribution is 2.33. The largest absolute Gasteiger partial charge is 0.389 e. The second-order valence-electron chi connectivity index (χ2n) is 4.63. The third-order valence-electron chi connectivity index (χ3n) is 2.19. The summed E-state index contributed by atoms with van der Waals surface area (Å²) in [5.41, 5.74) is 4.26. The van der Waals surface area contributed by atoms with Crippen molar-refractivity contribution in [3.05, 3.63) is 0 Å². The molecule has 0 aliphatic heterocycles. The molecule has 0 radical (unpaired) electrons. The number of rotatable bonds is 3. The maximum atomic E-state index is 11.6. The molecule has 4 heteroatoms. The van der Waals surface area contributed by atoms with Crippen LogP contribution in [0.3, 0.4) is 0 Å². The van der Waals surface area contributed by atoms with Crippen LogP contribution < -0.4 is 5.73 Å². The molecule has 1 aliphatic rings. The first-order chi connectivity index (χ1) is 5.75. The zero-order valence-electron chi connectivity index (χ0n) is 8.50. The molecule has 0 unspecified atom stereocenters. The average Bonchev–Trinajstić information content (AvgIpc) is 2.64. The summed E-state index contributed by atoms with van der Waals surface area (Å²) < 4.78 is 0. The Labute approximate surface area is 78.7 Å². The molecule has 0 bridgehead atoms. The molecule has 4 nitrogen and oxygen atoms in total. The Balaban J connectivity index is 2.48. The van der Waals surface area contributed by atoms with Crippen LogP contribution in [0.15, 0.2) is 0 Å². The van der Waals surface area contributed by atoms with E-state index in [1.165, 1.54) is 4.90 Å². The minimum absolute atomic E-state index is 0.0605. The van der Waals surface area contributed by atoms with Crippen molar-refractivity contribution in [1.82, 2.24) is 4.90 Å². The topological polar surface area (TPSA) is 66.6 Å². The second kappa shape index (κ2) is 2.96. The van der Waals surface area contributed by atoms with Gasteiger partial charge in [0.15, 0.2) is 0 Å². The van der Waals surface area contributed by atoms with Gasteiger partial charge in [0.2, 0.25) is 5.91 Å². The van der Waals surface area contributed by atoms with Gasteiger partial charge in [-0.3, -0.25) is 4.79 Å². The lowest BCUT2D eigenvalue weighted by atomic mass is 10.1. The van der Waals surface area contributed by atoms with Crippen molar-refractivity contribution in [2.45, 2.75) is 37.8 Å². The fourth-order valence-corrected chi connectivity index (χ4v) is 1.38. The molecule has 0 atom stereocenters. The minimum Gasteiger partial charge on any atom is -0.389 e. The number of likely N-dealkylation sites (N-methyl/N-ethyl adjacent to an activating group) is 1. The number of carbonyl (C=O) groups is 1. The molecule has 3 N–H and O–H groups in total. The van der Waals surface area contributed by atoms with Crippen molar-refractivity contribution in [3.63, 3.8) is 0 Å². The maximum absolute atomic E-state index is 11.6. The number of nitrogens with zero attached hydrogens (tertiary/aromatic N) is 1. The number of carbonyl (C=O) groups excluding carboxylic acids is 1. The molecule has 0 aromatic carbocycles. The van der Waals surface area contributed by atoms with Crippen LogP contribution in [0.5, 0.6) is 0 Å². The highest BCUT2D eigenvalue weighted by atomic mass is 16.3. The quantitative estimate of drug-likeness (QED) is 0.636. The summed E-state index contributed by atoms with van der Waals surface area (Å²) in [4.78, 5) is 13.1. The Hall–Kier alpha value is -0.610. The fourth-order valence-electron chi connectivity index (χ4n) is 1.38. The summed E-state index contributed by atoms with van der Waals surface area (Å²) in [5, 5.41) is 9.49. The van der Waals surface area contributed by atoms with Crippen molar-refractivity contribution < 1.29 is 9.90 Å². The van der Waals surface area contributed by atoms with Crippen LogP contribution in [0, 0.1) is 0 Å². The van der Waals surface area contributed by atoms with Gasteiger partial charge in [0.25, 0.3) is 0 Å². The minimum atomic E-state index is -0.852. The van der Waals surface area contributed by atoms with Gasteiger partial charge in [-0.1, -0.05) is 0 Å². The lowest BCUT2D eigenvalue weighted by Crippen LogP contribution is -2.48. The molecule has 1 amide bonds. The standard InChI is InChI=1S/C9H18N2O2/c1-8(2,13)6-11(3)7(12)9(10)4-5-9/h13H,4-6,10H2,1-3H3. The van der Waals surface area contributed by atoms with E-state index in [0.29, 0.717) is 6.54 Å². The predicted octanol–water partition coefficient (Wildman–Crippen LogP) is -0.293. The summed E-state index contributed by atoms with van der Waals surface area (Å²) in [5.74, 6) is -0.0605. The zero-order chi connectivity index (χ0) is 10.3. The van der Waals surface area contributed by atoms with Gasteiger partial charge < -0.3 is 15.7 Å². The first kappa shape index (κ1) is 10.5. The number of aliphatic hydroxyl groups is 1. The Bertz CT molecular complexity index is 216. The third kappa shape index (κ3) is 2.67. The number of nitrogens with two attached hydrogens (primary N) is 1. The van der Waals surface area contributed by atoms with Crippen LogP contribution in [0.2, 0.25) is 0 Å². The summed E-state index contributed by atoms with van der Waals surface area (Å²) >= 11 is 0. The fraction of sp³-hybridized carbons (Fsp3) is 0.889. The number of hydrogen-bond donors (Lipinski definition) is 2. The smallest absolute Gasteiger partial charge is 0.242 e. The first-order valence-corrected chi connectivity index (χ1v) is 4.51. The molecular weight excluding hydrogens is 168 g/mol. The highest BCUT2D eigenvalue weighted by Gasteiger charge is 2.47. The molecule has 13 heavy (non-hydrogen) atoms. The summed E-state index contributed by atoms with van der Waals surface area (Å²) in [6, 6.07) is 0. The van der Waals surface area contributed by atoms with E-state index in [-0.39, 0.29) is 5.91 Å². The molecule has 1 saturated carbocycles. The van der Waals surface area contributed by atoms with Gasteiger partial charge in [-0.25, -0.2) is 0 Å². The SMILES string of the molecule is CN(CC(C)(C)O)C(=O)C1(N)CC1. The van der Waals surface area contributed by atoms with Crippen LogP contribution in [0.1, 0.15) is 26.7 Å². The normalized spacial score (nSPS) is 19.8. The molecular formula is C9H18N2O2. The van der Waals surface area contributed by atoms with Gasteiger partial charge in [-0.15, -0.1) is 0 Å². The van der Waals surface area contributed by atoms with E-state index in [2.05, 4.69) is 0 Å². The second-order valence-corrected chi connectivity index (χ2v) is 4.63. The molecule has 1 aliphatic carbocycles. The van der Waals surface area contributed by atoms with E-state index in [1.54, 1.807) is 20.9 Å². The van der Waals surface area contributed by atoms with Crippen molar-refractivity contribution in [2.75, 3.05) is 13.6 Å². The van der Waals surface area contributed by atoms with Crippen molar-refractivity contribution in [1.29, 1.82) is 0 Å². The number of hydrogen-bond acceptors (Lipinski definition) is 3. The van der Waals surface area contributed by atoms with Gasteiger partial charge in [0.1, 0.15) is 0 Å². The predicted molar refractivity (Wildman–Crippen MR) is 50.1 cm³/mol. The Morgan fingerprint density at radius 1 is 1.62 bits per heavy atom. The van der Waals surface area contributed by atoms with Gasteiger partial charge in [-0.2, -0.15) is 0 Å². The Morgan fingerprint density at radius 2 is 2.08 bits per heavy atom. The molecule has 0 aromatic heterocycles. The van der Waals surface area contributed by atoms with E-state index in [0.717, 1.165) is 12.8 Å². The lowest BCUT2D eigenvalue weighted by molar-refractivity contribution is -0.134. The average molecular weight is 186 g/mol. The van der Waals surface area contributed by atoms with Crippen LogP contribution in [-0.4, -0.2) is 40.6 Å². The lowest BCUT2D eigenvalue weighted by Gasteiger charge is -2.27. The first-order valence-electron chi connectivity index (χ1n) is 4.51. The van der Waals surface area contributed by atoms with Crippen LogP contribution in [0.4, 0.5) is 0 Å². The third-order valence-corrected chi connectivity index (χ3v) is 2.19. The number of amides is 1. The van der Waals surface area contributed by atoms with E-state index in [4.69, 9.17) is 5.73 Å². The van der Waals surface area contributed by atoms with E-state index in [1.807, 2.05) is 0 Å². The highest BCUT2D eigenvalue weighted by molar-refractivity contribution is 5.88.